The highest BCUT2D eigenvalue weighted by Gasteiger charge is 2.22. The molecule has 17 heteroatoms. The Balaban J connectivity index is 0.000000217. The number of rotatable bonds is 13. The van der Waals surface area contributed by atoms with Crippen molar-refractivity contribution in [2.24, 2.45) is 11.8 Å². The number of aromatic nitrogens is 6. The van der Waals surface area contributed by atoms with Gasteiger partial charge in [-0.3, -0.25) is 24.4 Å². The molecule has 2 saturated carbocycles. The summed E-state index contributed by atoms with van der Waals surface area (Å²) >= 11 is 3.34. The minimum atomic E-state index is -0.426. The number of nitrogens with zero attached hydrogens (tertiary/aromatic N) is 5. The molecule has 0 saturated heterocycles. The standard InChI is InChI=1S/C24H27N5OS.C21H23N3O2S.C3H4O2.2H2S/c1-15-14-26-23(27-15)21-12-19(10-11-25-21)30-18-8-9-20-22(13-18)31-24(29-20)28-16(2)17-6-4-3-5-7-17;1-14(15-5-3-2-4-6-15)23-21-24-19-8-7-17(12-20(19)27-21)26-18-9-10-22-16(11-18)13-25;1-3(5)2-4;;/h8-14,16-17H,3-7H2,1-2H3,(H,26,27)(H,28,29);7-15H,2-6H2,1H3,(H,23,24);2H,1H3;2*1H2/t16-;14-;;;/m00.../s1. The molecule has 0 unspecified atom stereocenters. The van der Waals surface area contributed by atoms with Gasteiger partial charge >= 0.3 is 0 Å². The lowest BCUT2D eigenvalue weighted by atomic mass is 9.85. The van der Waals surface area contributed by atoms with E-state index in [9.17, 15) is 9.59 Å². The topological polar surface area (TPSA) is 174 Å². The first-order chi connectivity index (χ1) is 30.6. The van der Waals surface area contributed by atoms with Crippen LogP contribution in [0.15, 0.2) is 79.3 Å². The van der Waals surface area contributed by atoms with Gasteiger partial charge in [-0.1, -0.05) is 61.2 Å². The van der Waals surface area contributed by atoms with Gasteiger partial charge in [0, 0.05) is 67.6 Å². The molecule has 0 spiro atoms. The van der Waals surface area contributed by atoms with E-state index in [1.165, 1.54) is 71.1 Å². The fraction of sp³-hybridized carbons (Fsp3) is 0.375. The third-order valence-electron chi connectivity index (χ3n) is 11.3. The normalized spacial score (nSPS) is 14.8. The van der Waals surface area contributed by atoms with E-state index in [-0.39, 0.29) is 33.3 Å². The van der Waals surface area contributed by atoms with E-state index in [2.05, 4.69) is 50.5 Å². The molecule has 65 heavy (non-hydrogen) atoms. The summed E-state index contributed by atoms with van der Waals surface area (Å²) in [4.78, 5) is 54.9. The first-order valence-electron chi connectivity index (χ1n) is 21.7. The number of pyridine rings is 2. The zero-order valence-electron chi connectivity index (χ0n) is 37.1. The molecule has 0 amide bonds. The van der Waals surface area contributed by atoms with E-state index in [4.69, 9.17) is 24.2 Å². The number of fused-ring (bicyclic) bond motifs is 2. The van der Waals surface area contributed by atoms with Crippen molar-refractivity contribution < 1.29 is 23.9 Å². The summed E-state index contributed by atoms with van der Waals surface area (Å²) in [6, 6.07) is 19.9. The van der Waals surface area contributed by atoms with Crippen LogP contribution in [0.25, 0.3) is 32.0 Å². The molecular formula is C48H58N8O5S4. The maximum atomic E-state index is 10.9. The number of aldehydes is 2. The van der Waals surface area contributed by atoms with Crippen LogP contribution in [0.2, 0.25) is 0 Å². The molecule has 0 bridgehead atoms. The zero-order chi connectivity index (χ0) is 44.1. The average Bonchev–Trinajstić information content (AvgIpc) is 4.05. The molecule has 2 fully saturated rings. The number of ketones is 1. The molecule has 5 heterocycles. The number of carbonyl (C=O) groups is 3. The molecular weight excluding hydrogens is 897 g/mol. The number of ether oxygens (including phenoxy) is 2. The summed E-state index contributed by atoms with van der Waals surface area (Å²) in [5.74, 6) is 4.64. The van der Waals surface area contributed by atoms with Gasteiger partial charge in [-0.25, -0.2) is 15.0 Å². The summed E-state index contributed by atoms with van der Waals surface area (Å²) in [5, 5.41) is 9.21. The number of imidazole rings is 1. The molecule has 344 valence electrons. The molecule has 9 rings (SSSR count). The van der Waals surface area contributed by atoms with Crippen LogP contribution in [0, 0.1) is 18.8 Å². The third kappa shape index (κ3) is 14.6. The summed E-state index contributed by atoms with van der Waals surface area (Å²) in [6.07, 6.45) is 19.5. The number of aryl methyl sites for hydroxylation is 1. The van der Waals surface area contributed by atoms with E-state index >= 15 is 0 Å². The number of hydrogen-bond donors (Lipinski definition) is 3. The molecule has 2 aromatic carbocycles. The Labute approximate surface area is 401 Å². The van der Waals surface area contributed by atoms with Crippen LogP contribution in [-0.2, 0) is 9.59 Å². The van der Waals surface area contributed by atoms with E-state index in [1.54, 1.807) is 53.4 Å². The second kappa shape index (κ2) is 24.8. The highest BCUT2D eigenvalue weighted by atomic mass is 32.1. The van der Waals surface area contributed by atoms with Gasteiger partial charge in [0.2, 0.25) is 0 Å². The maximum absolute atomic E-state index is 10.9. The molecule has 0 aliphatic heterocycles. The van der Waals surface area contributed by atoms with Crippen LogP contribution < -0.4 is 20.1 Å². The number of H-pyrrole nitrogens is 1. The first-order valence-corrected chi connectivity index (χ1v) is 23.3. The minimum Gasteiger partial charge on any atom is -0.457 e. The minimum absolute atomic E-state index is 0. The summed E-state index contributed by atoms with van der Waals surface area (Å²) < 4.78 is 14.2. The van der Waals surface area contributed by atoms with Crippen molar-refractivity contribution in [2.75, 3.05) is 10.6 Å². The number of carbonyl (C=O) groups excluding carboxylic acids is 3. The van der Waals surface area contributed by atoms with Gasteiger partial charge < -0.3 is 25.1 Å². The molecule has 3 N–H and O–H groups in total. The Kier molecular flexibility index (Phi) is 19.3. The number of Topliss-reactive ketones (excluding diaryl/α,β-unsaturated/α-hetero) is 1. The quantitative estimate of drug-likeness (QED) is 0.0738. The van der Waals surface area contributed by atoms with E-state index < -0.39 is 5.78 Å². The van der Waals surface area contributed by atoms with Gasteiger partial charge in [0.15, 0.2) is 34.4 Å². The van der Waals surface area contributed by atoms with Gasteiger partial charge in [0.25, 0.3) is 0 Å². The van der Waals surface area contributed by atoms with Crippen LogP contribution in [-0.4, -0.2) is 60.3 Å². The number of benzene rings is 2. The van der Waals surface area contributed by atoms with E-state index in [0.29, 0.717) is 29.8 Å². The monoisotopic (exact) mass is 954 g/mol. The number of nitrogens with one attached hydrogen (secondary N) is 3. The van der Waals surface area contributed by atoms with Gasteiger partial charge in [-0.05, 0) is 94.7 Å². The lowest BCUT2D eigenvalue weighted by Gasteiger charge is -2.28. The van der Waals surface area contributed by atoms with Crippen LogP contribution in [0.5, 0.6) is 23.0 Å². The SMILES string of the molecule is CC(=O)C=O.C[C@H](Nc1nc2ccc(Oc3ccnc(C=O)c3)cc2s1)C1CCCCC1.Cc1cnc(-c2cc(Oc3ccc4nc(N[C@@H](C)C5CCCCC5)sc4c3)ccn2)[nH]1.S.S. The summed E-state index contributed by atoms with van der Waals surface area (Å²) in [7, 11) is 0. The average molecular weight is 955 g/mol. The van der Waals surface area contributed by atoms with E-state index in [1.807, 2.05) is 49.4 Å². The van der Waals surface area contributed by atoms with Crippen molar-refractivity contribution >= 4 is 98.7 Å². The smallest absolute Gasteiger partial charge is 0.192 e. The number of hydrogen-bond acceptors (Lipinski definition) is 14. The molecule has 0 radical (unpaired) electrons. The second-order valence-corrected chi connectivity index (χ2v) is 18.3. The Morgan fingerprint density at radius 2 is 1.17 bits per heavy atom. The predicted molar refractivity (Wildman–Crippen MR) is 272 cm³/mol. The third-order valence-corrected chi connectivity index (χ3v) is 13.2. The van der Waals surface area contributed by atoms with E-state index in [0.717, 1.165) is 77.0 Å². The van der Waals surface area contributed by atoms with Crippen LogP contribution >= 0.6 is 49.7 Å². The van der Waals surface area contributed by atoms with Crippen molar-refractivity contribution in [3.05, 3.63) is 90.6 Å². The fourth-order valence-electron chi connectivity index (χ4n) is 7.93. The Morgan fingerprint density at radius 3 is 1.63 bits per heavy atom. The highest BCUT2D eigenvalue weighted by Crippen LogP contribution is 2.36. The molecule has 2 atom stereocenters. The zero-order valence-corrected chi connectivity index (χ0v) is 40.8. The lowest BCUT2D eigenvalue weighted by molar-refractivity contribution is -0.128. The lowest BCUT2D eigenvalue weighted by Crippen LogP contribution is -2.27. The maximum Gasteiger partial charge on any atom is 0.192 e. The summed E-state index contributed by atoms with van der Waals surface area (Å²) in [5.41, 5.74) is 4.08. The largest absolute Gasteiger partial charge is 0.457 e. The Hall–Kier alpha value is -5.36. The number of aromatic amines is 1. The first kappa shape index (κ1) is 50.6. The van der Waals surface area contributed by atoms with Gasteiger partial charge in [-0.15, -0.1) is 0 Å². The van der Waals surface area contributed by atoms with Crippen LogP contribution in [0.1, 0.15) is 101 Å². The molecule has 13 nitrogen and oxygen atoms in total. The molecule has 5 aromatic heterocycles. The number of thiazole rings is 2. The van der Waals surface area contributed by atoms with Crippen LogP contribution in [0.4, 0.5) is 10.3 Å². The Bertz CT molecular complexity index is 2620. The number of anilines is 2. The molecule has 2 aliphatic carbocycles. The van der Waals surface area contributed by atoms with Crippen molar-refractivity contribution in [1.82, 2.24) is 29.9 Å². The fourth-order valence-corrected chi connectivity index (χ4v) is 9.91. The molecule has 7 aromatic rings. The van der Waals surface area contributed by atoms with Crippen molar-refractivity contribution in [3.63, 3.8) is 0 Å². The van der Waals surface area contributed by atoms with Gasteiger partial charge in [0.1, 0.15) is 34.4 Å². The predicted octanol–water partition coefficient (Wildman–Crippen LogP) is 12.2. The molecule has 2 aliphatic rings. The van der Waals surface area contributed by atoms with Crippen LogP contribution in [0.3, 0.4) is 0 Å². The van der Waals surface area contributed by atoms with Crippen molar-refractivity contribution in [1.29, 1.82) is 0 Å². The second-order valence-electron chi connectivity index (χ2n) is 16.2. The van der Waals surface area contributed by atoms with Gasteiger partial charge in [0.05, 0.1) is 20.4 Å². The van der Waals surface area contributed by atoms with Gasteiger partial charge in [-0.2, -0.15) is 27.0 Å². The Morgan fingerprint density at radius 1 is 0.692 bits per heavy atom. The van der Waals surface area contributed by atoms with Crippen molar-refractivity contribution in [3.8, 4) is 34.5 Å². The summed E-state index contributed by atoms with van der Waals surface area (Å²) in [6.45, 7) is 7.75. The highest BCUT2D eigenvalue weighted by molar-refractivity contribution is 7.59. The van der Waals surface area contributed by atoms with Crippen molar-refractivity contribution in [2.45, 2.75) is 104 Å².